The van der Waals surface area contributed by atoms with Crippen LogP contribution in [0.15, 0.2) is 35.4 Å². The maximum absolute atomic E-state index is 12.9. The van der Waals surface area contributed by atoms with Gasteiger partial charge < -0.3 is 5.73 Å². The van der Waals surface area contributed by atoms with Crippen molar-refractivity contribution in [1.29, 1.82) is 0 Å². The second-order valence-electron chi connectivity index (χ2n) is 5.77. The molecule has 0 unspecified atom stereocenters. The van der Waals surface area contributed by atoms with Crippen LogP contribution in [0.3, 0.4) is 0 Å². The molecular formula is C16H21N3O. The van der Waals surface area contributed by atoms with Crippen molar-refractivity contribution < 1.29 is 4.79 Å². The van der Waals surface area contributed by atoms with Gasteiger partial charge in [0.15, 0.2) is 0 Å². The number of para-hydroxylation sites is 1. The Bertz CT molecular complexity index is 530. The second-order valence-corrected chi connectivity index (χ2v) is 5.77. The minimum absolute atomic E-state index is 0.132. The molecule has 0 saturated heterocycles. The fraction of sp³-hybridized carbons (Fsp3) is 0.500. The molecule has 1 aliphatic carbocycles. The molecule has 1 aromatic carbocycles. The Morgan fingerprint density at radius 3 is 2.55 bits per heavy atom. The topological polar surface area (TPSA) is 58.7 Å². The molecule has 106 valence electrons. The van der Waals surface area contributed by atoms with E-state index in [9.17, 15) is 4.79 Å². The Hall–Kier alpha value is -1.68. The zero-order valence-corrected chi connectivity index (χ0v) is 11.9. The number of hydrogen-bond acceptors (Lipinski definition) is 3. The predicted molar refractivity (Wildman–Crippen MR) is 80.5 cm³/mol. The molecule has 0 bridgehead atoms. The highest BCUT2D eigenvalue weighted by molar-refractivity contribution is 6.19. The molecule has 1 spiro atoms. The predicted octanol–water partition coefficient (Wildman–Crippen LogP) is 2.69. The highest BCUT2D eigenvalue weighted by Crippen LogP contribution is 2.44. The van der Waals surface area contributed by atoms with Crippen molar-refractivity contribution in [2.24, 2.45) is 16.3 Å². The third-order valence-corrected chi connectivity index (χ3v) is 4.59. The van der Waals surface area contributed by atoms with Crippen molar-refractivity contribution in [3.05, 3.63) is 30.3 Å². The standard InChI is InChI=1S/C16H21N3O/c1-2-14-16(10-8-12(17)9-11-16)15(20)19(18-14)13-6-4-3-5-7-13/h3-7,12H,2,8-11,17H2,1H3/t12-,16-. The number of carbonyl (C=O) groups is 1. The van der Waals surface area contributed by atoms with Crippen molar-refractivity contribution >= 4 is 17.3 Å². The van der Waals surface area contributed by atoms with Gasteiger partial charge >= 0.3 is 0 Å². The molecular weight excluding hydrogens is 250 g/mol. The van der Waals surface area contributed by atoms with Gasteiger partial charge in [-0.3, -0.25) is 4.79 Å². The number of hydrazone groups is 1. The summed E-state index contributed by atoms with van der Waals surface area (Å²) in [6.07, 6.45) is 4.32. The van der Waals surface area contributed by atoms with Gasteiger partial charge in [0.25, 0.3) is 5.91 Å². The average Bonchev–Trinajstić information content (AvgIpc) is 2.76. The van der Waals surface area contributed by atoms with E-state index in [0.29, 0.717) is 0 Å². The van der Waals surface area contributed by atoms with Gasteiger partial charge in [0.2, 0.25) is 0 Å². The van der Waals surface area contributed by atoms with E-state index < -0.39 is 0 Å². The highest BCUT2D eigenvalue weighted by Gasteiger charge is 2.51. The highest BCUT2D eigenvalue weighted by atomic mass is 16.2. The fourth-order valence-electron chi connectivity index (χ4n) is 3.38. The van der Waals surface area contributed by atoms with E-state index in [0.717, 1.165) is 43.5 Å². The van der Waals surface area contributed by atoms with E-state index in [1.165, 1.54) is 0 Å². The SMILES string of the molecule is CCC1=NN(c2ccccc2)C(=O)[C@]12CC[C@H](N)CC2. The lowest BCUT2D eigenvalue weighted by molar-refractivity contribution is -0.125. The number of rotatable bonds is 2. The Morgan fingerprint density at radius 2 is 1.95 bits per heavy atom. The molecule has 0 atom stereocenters. The van der Waals surface area contributed by atoms with E-state index in [4.69, 9.17) is 5.73 Å². The van der Waals surface area contributed by atoms with Gasteiger partial charge in [0, 0.05) is 6.04 Å². The molecule has 1 aromatic rings. The number of nitrogens with zero attached hydrogens (tertiary/aromatic N) is 2. The number of anilines is 1. The van der Waals surface area contributed by atoms with Gasteiger partial charge in [0.05, 0.1) is 16.8 Å². The number of nitrogens with two attached hydrogens (primary N) is 1. The van der Waals surface area contributed by atoms with Gasteiger partial charge in [-0.25, -0.2) is 0 Å². The maximum atomic E-state index is 12.9. The second kappa shape index (κ2) is 5.02. The summed E-state index contributed by atoms with van der Waals surface area (Å²) in [4.78, 5) is 12.9. The molecule has 4 nitrogen and oxygen atoms in total. The van der Waals surface area contributed by atoms with Crippen LogP contribution < -0.4 is 10.7 Å². The van der Waals surface area contributed by atoms with E-state index >= 15 is 0 Å². The van der Waals surface area contributed by atoms with Gasteiger partial charge in [-0.05, 0) is 44.2 Å². The van der Waals surface area contributed by atoms with Crippen LogP contribution in [0.25, 0.3) is 0 Å². The lowest BCUT2D eigenvalue weighted by Gasteiger charge is -2.35. The van der Waals surface area contributed by atoms with Crippen LogP contribution in [0.4, 0.5) is 5.69 Å². The third-order valence-electron chi connectivity index (χ3n) is 4.59. The summed E-state index contributed by atoms with van der Waals surface area (Å²) in [5, 5.41) is 6.21. The van der Waals surface area contributed by atoms with E-state index in [1.54, 1.807) is 5.01 Å². The Labute approximate surface area is 119 Å². The molecule has 2 aliphatic rings. The van der Waals surface area contributed by atoms with Crippen molar-refractivity contribution in [3.63, 3.8) is 0 Å². The molecule has 1 saturated carbocycles. The normalized spacial score (nSPS) is 29.9. The molecule has 0 radical (unpaired) electrons. The fourth-order valence-corrected chi connectivity index (χ4v) is 3.38. The third kappa shape index (κ3) is 1.95. The van der Waals surface area contributed by atoms with Crippen LogP contribution in [0.2, 0.25) is 0 Å². The zero-order valence-electron chi connectivity index (χ0n) is 11.9. The van der Waals surface area contributed by atoms with Crippen molar-refractivity contribution in [2.75, 3.05) is 5.01 Å². The van der Waals surface area contributed by atoms with E-state index in [-0.39, 0.29) is 17.4 Å². The summed E-state index contributed by atoms with van der Waals surface area (Å²) in [5.74, 6) is 0.132. The number of amides is 1. The summed E-state index contributed by atoms with van der Waals surface area (Å²) in [5.41, 5.74) is 7.49. The minimum Gasteiger partial charge on any atom is -0.328 e. The number of benzene rings is 1. The van der Waals surface area contributed by atoms with Crippen LogP contribution >= 0.6 is 0 Å². The summed E-state index contributed by atoms with van der Waals surface area (Å²) in [7, 11) is 0. The molecule has 1 amide bonds. The van der Waals surface area contributed by atoms with Gasteiger partial charge in [-0.2, -0.15) is 10.1 Å². The van der Waals surface area contributed by atoms with Crippen LogP contribution in [-0.2, 0) is 4.79 Å². The molecule has 1 fully saturated rings. The van der Waals surface area contributed by atoms with Gasteiger partial charge in [-0.15, -0.1) is 0 Å². The first-order chi connectivity index (χ1) is 9.67. The van der Waals surface area contributed by atoms with Crippen LogP contribution in [0.5, 0.6) is 0 Å². The first-order valence-corrected chi connectivity index (χ1v) is 7.40. The Morgan fingerprint density at radius 1 is 1.30 bits per heavy atom. The smallest absolute Gasteiger partial charge is 0.259 e. The first-order valence-electron chi connectivity index (χ1n) is 7.40. The molecule has 4 heteroatoms. The molecule has 20 heavy (non-hydrogen) atoms. The Kier molecular flexibility index (Phi) is 3.34. The summed E-state index contributed by atoms with van der Waals surface area (Å²) in [6, 6.07) is 9.92. The number of carbonyl (C=O) groups excluding carboxylic acids is 1. The van der Waals surface area contributed by atoms with Crippen molar-refractivity contribution in [1.82, 2.24) is 0 Å². The van der Waals surface area contributed by atoms with Crippen LogP contribution in [0.1, 0.15) is 39.0 Å². The minimum atomic E-state index is -0.388. The Balaban J connectivity index is 1.95. The maximum Gasteiger partial charge on any atom is 0.259 e. The van der Waals surface area contributed by atoms with Crippen LogP contribution in [-0.4, -0.2) is 17.7 Å². The van der Waals surface area contributed by atoms with Crippen molar-refractivity contribution in [3.8, 4) is 0 Å². The number of hydrogen-bond donors (Lipinski definition) is 1. The average molecular weight is 271 g/mol. The molecule has 2 N–H and O–H groups in total. The summed E-state index contributed by atoms with van der Waals surface area (Å²) >= 11 is 0. The summed E-state index contributed by atoms with van der Waals surface area (Å²) < 4.78 is 0. The molecule has 1 aliphatic heterocycles. The molecule has 0 aromatic heterocycles. The lowest BCUT2D eigenvalue weighted by atomic mass is 9.68. The first kappa shape index (κ1) is 13.3. The van der Waals surface area contributed by atoms with Crippen LogP contribution in [0, 0.1) is 5.41 Å². The lowest BCUT2D eigenvalue weighted by Crippen LogP contribution is -2.45. The van der Waals surface area contributed by atoms with E-state index in [2.05, 4.69) is 12.0 Å². The largest absolute Gasteiger partial charge is 0.328 e. The molecule has 1 heterocycles. The van der Waals surface area contributed by atoms with E-state index in [1.807, 2.05) is 30.3 Å². The van der Waals surface area contributed by atoms with Gasteiger partial charge in [0.1, 0.15) is 0 Å². The zero-order chi connectivity index (χ0) is 14.2. The van der Waals surface area contributed by atoms with Crippen molar-refractivity contribution in [2.45, 2.75) is 45.1 Å². The van der Waals surface area contributed by atoms with Gasteiger partial charge in [-0.1, -0.05) is 25.1 Å². The quantitative estimate of drug-likeness (QED) is 0.899. The monoisotopic (exact) mass is 271 g/mol. The molecule has 3 rings (SSSR count). The summed E-state index contributed by atoms with van der Waals surface area (Å²) in [6.45, 7) is 2.08.